The molecule has 2 rings (SSSR count). The normalized spacial score (nSPS) is 20.2. The van der Waals surface area contributed by atoms with E-state index in [2.05, 4.69) is 12.6 Å². The molecule has 0 aliphatic carbocycles. The van der Waals surface area contributed by atoms with Gasteiger partial charge in [-0.15, -0.1) is 0 Å². The van der Waals surface area contributed by atoms with Crippen LogP contribution >= 0.6 is 12.6 Å². The summed E-state index contributed by atoms with van der Waals surface area (Å²) in [5.74, 6) is 1.01. The lowest BCUT2D eigenvalue weighted by molar-refractivity contribution is -0.128. The highest BCUT2D eigenvalue weighted by Crippen LogP contribution is 2.20. The van der Waals surface area contributed by atoms with Crippen molar-refractivity contribution in [3.63, 3.8) is 0 Å². The van der Waals surface area contributed by atoms with E-state index in [-0.39, 0.29) is 11.2 Å². The van der Waals surface area contributed by atoms with E-state index >= 15 is 0 Å². The van der Waals surface area contributed by atoms with E-state index in [0.29, 0.717) is 13.0 Å². The first-order chi connectivity index (χ1) is 7.69. The van der Waals surface area contributed by atoms with Gasteiger partial charge in [0.2, 0.25) is 5.91 Å². The number of likely N-dealkylation sites (tertiary alicyclic amines) is 1. The van der Waals surface area contributed by atoms with E-state index in [0.717, 1.165) is 17.9 Å². The third-order valence-corrected chi connectivity index (χ3v) is 3.05. The quantitative estimate of drug-likeness (QED) is 0.811. The molecule has 0 N–H and O–H groups in total. The van der Waals surface area contributed by atoms with Gasteiger partial charge in [-0.25, -0.2) is 0 Å². The first-order valence-electron chi connectivity index (χ1n) is 5.28. The van der Waals surface area contributed by atoms with Crippen LogP contribution in [0.25, 0.3) is 0 Å². The van der Waals surface area contributed by atoms with Crippen molar-refractivity contribution in [3.8, 4) is 5.75 Å². The summed E-state index contributed by atoms with van der Waals surface area (Å²) in [6.45, 7) is 1.38. The zero-order valence-corrected chi connectivity index (χ0v) is 10.1. The predicted molar refractivity (Wildman–Crippen MR) is 65.8 cm³/mol. The number of rotatable bonds is 3. The molecule has 16 heavy (non-hydrogen) atoms. The molecule has 1 atom stereocenters. The van der Waals surface area contributed by atoms with Crippen molar-refractivity contribution >= 4 is 18.5 Å². The first kappa shape index (κ1) is 11.3. The Hall–Kier alpha value is -1.16. The number of ether oxygens (including phenoxy) is 1. The number of hydrogen-bond acceptors (Lipinski definition) is 3. The lowest BCUT2D eigenvalue weighted by atomic mass is 10.2. The minimum atomic E-state index is 0.179. The molecule has 1 aromatic carbocycles. The van der Waals surface area contributed by atoms with Crippen LogP contribution in [-0.2, 0) is 11.3 Å². The maximum absolute atomic E-state index is 11.6. The molecule has 1 aliphatic rings. The molecule has 1 fully saturated rings. The highest BCUT2D eigenvalue weighted by molar-refractivity contribution is 7.81. The molecule has 86 valence electrons. The van der Waals surface area contributed by atoms with E-state index in [1.54, 1.807) is 7.11 Å². The lowest BCUT2D eigenvalue weighted by Gasteiger charge is -2.16. The van der Waals surface area contributed by atoms with Crippen LogP contribution in [0.2, 0.25) is 0 Å². The van der Waals surface area contributed by atoms with Crippen LogP contribution in [0.15, 0.2) is 24.3 Å². The van der Waals surface area contributed by atoms with Gasteiger partial charge in [0.1, 0.15) is 5.75 Å². The van der Waals surface area contributed by atoms with Crippen molar-refractivity contribution in [2.45, 2.75) is 18.2 Å². The number of nitrogens with zero attached hydrogens (tertiary/aromatic N) is 1. The van der Waals surface area contributed by atoms with Crippen LogP contribution in [0, 0.1) is 0 Å². The van der Waals surface area contributed by atoms with Crippen molar-refractivity contribution in [1.29, 1.82) is 0 Å². The number of amides is 1. The smallest absolute Gasteiger partial charge is 0.224 e. The summed E-state index contributed by atoms with van der Waals surface area (Å²) in [6, 6.07) is 7.80. The molecule has 0 spiro atoms. The minimum absolute atomic E-state index is 0.179. The summed E-state index contributed by atoms with van der Waals surface area (Å²) in [5, 5.41) is 0.179. The Morgan fingerprint density at radius 2 is 2.38 bits per heavy atom. The molecule has 1 aromatic rings. The fourth-order valence-electron chi connectivity index (χ4n) is 1.90. The van der Waals surface area contributed by atoms with Crippen LogP contribution in [-0.4, -0.2) is 29.7 Å². The number of thiol groups is 1. The fourth-order valence-corrected chi connectivity index (χ4v) is 2.25. The fraction of sp³-hybridized carbons (Fsp3) is 0.417. The summed E-state index contributed by atoms with van der Waals surface area (Å²) in [4.78, 5) is 13.4. The zero-order chi connectivity index (χ0) is 11.5. The molecule has 3 nitrogen and oxygen atoms in total. The third-order valence-electron chi connectivity index (χ3n) is 2.70. The topological polar surface area (TPSA) is 29.5 Å². The Kier molecular flexibility index (Phi) is 3.39. The second kappa shape index (κ2) is 4.78. The Morgan fingerprint density at radius 3 is 3.00 bits per heavy atom. The van der Waals surface area contributed by atoms with Crippen molar-refractivity contribution < 1.29 is 9.53 Å². The van der Waals surface area contributed by atoms with Crippen molar-refractivity contribution in [2.75, 3.05) is 13.7 Å². The molecule has 1 aliphatic heterocycles. The molecule has 0 bridgehead atoms. The van der Waals surface area contributed by atoms with Crippen molar-refractivity contribution in [3.05, 3.63) is 29.8 Å². The van der Waals surface area contributed by atoms with Gasteiger partial charge < -0.3 is 9.64 Å². The standard InChI is InChI=1S/C12H15NO2S/c1-15-10-4-2-3-9(5-10)7-13-8-11(16)6-12(13)14/h2-5,11,16H,6-8H2,1H3. The Labute approximate surface area is 101 Å². The number of carbonyl (C=O) groups excluding carboxylic acids is 1. The molecular formula is C12H15NO2S. The molecule has 4 heteroatoms. The summed E-state index contributed by atoms with van der Waals surface area (Å²) < 4.78 is 5.15. The van der Waals surface area contributed by atoms with Gasteiger partial charge in [0.15, 0.2) is 0 Å². The third kappa shape index (κ3) is 2.50. The monoisotopic (exact) mass is 237 g/mol. The van der Waals surface area contributed by atoms with Crippen molar-refractivity contribution in [2.24, 2.45) is 0 Å². The average molecular weight is 237 g/mol. The van der Waals surface area contributed by atoms with Crippen molar-refractivity contribution in [1.82, 2.24) is 4.90 Å². The largest absolute Gasteiger partial charge is 0.497 e. The molecule has 1 heterocycles. The van der Waals surface area contributed by atoms with Crippen LogP contribution in [0.4, 0.5) is 0 Å². The van der Waals surface area contributed by atoms with Gasteiger partial charge in [-0.3, -0.25) is 4.79 Å². The van der Waals surface area contributed by atoms with E-state index in [4.69, 9.17) is 4.74 Å². The molecule has 1 saturated heterocycles. The van der Waals surface area contributed by atoms with E-state index in [1.165, 1.54) is 0 Å². The van der Waals surface area contributed by atoms with Gasteiger partial charge in [0.25, 0.3) is 0 Å². The lowest BCUT2D eigenvalue weighted by Crippen LogP contribution is -2.24. The Morgan fingerprint density at radius 1 is 1.56 bits per heavy atom. The molecule has 1 amide bonds. The summed E-state index contributed by atoms with van der Waals surface area (Å²) in [5.41, 5.74) is 1.09. The summed E-state index contributed by atoms with van der Waals surface area (Å²) in [6.07, 6.45) is 0.549. The molecular weight excluding hydrogens is 222 g/mol. The number of benzene rings is 1. The van der Waals surface area contributed by atoms with E-state index in [1.807, 2.05) is 29.2 Å². The molecule has 0 saturated carbocycles. The zero-order valence-electron chi connectivity index (χ0n) is 9.22. The predicted octanol–water partition coefficient (Wildman–Crippen LogP) is 1.73. The highest BCUT2D eigenvalue weighted by atomic mass is 32.1. The molecule has 0 radical (unpaired) electrons. The van der Waals surface area contributed by atoms with Gasteiger partial charge in [-0.1, -0.05) is 12.1 Å². The number of carbonyl (C=O) groups is 1. The second-order valence-electron chi connectivity index (χ2n) is 3.98. The van der Waals surface area contributed by atoms with Crippen LogP contribution in [0.5, 0.6) is 5.75 Å². The average Bonchev–Trinajstić information content (AvgIpc) is 2.58. The summed E-state index contributed by atoms with van der Waals surface area (Å²) >= 11 is 4.33. The van der Waals surface area contributed by atoms with Gasteiger partial charge in [0, 0.05) is 24.8 Å². The van der Waals surface area contributed by atoms with Crippen LogP contribution < -0.4 is 4.74 Å². The number of hydrogen-bond donors (Lipinski definition) is 1. The van der Waals surface area contributed by atoms with Crippen LogP contribution in [0.3, 0.4) is 0 Å². The van der Waals surface area contributed by atoms with Gasteiger partial charge in [-0.2, -0.15) is 12.6 Å². The minimum Gasteiger partial charge on any atom is -0.497 e. The first-order valence-corrected chi connectivity index (χ1v) is 5.79. The Bertz CT molecular complexity index is 394. The number of methoxy groups -OCH3 is 1. The van der Waals surface area contributed by atoms with Gasteiger partial charge in [-0.05, 0) is 17.7 Å². The van der Waals surface area contributed by atoms with Gasteiger partial charge >= 0.3 is 0 Å². The highest BCUT2D eigenvalue weighted by Gasteiger charge is 2.26. The molecule has 1 unspecified atom stereocenters. The maximum Gasteiger partial charge on any atom is 0.224 e. The molecule has 0 aromatic heterocycles. The summed E-state index contributed by atoms with van der Waals surface area (Å²) in [7, 11) is 1.64. The Balaban J connectivity index is 2.06. The maximum atomic E-state index is 11.6. The van der Waals surface area contributed by atoms with Crippen LogP contribution in [0.1, 0.15) is 12.0 Å². The SMILES string of the molecule is COc1cccc(CN2CC(S)CC2=O)c1. The second-order valence-corrected chi connectivity index (χ2v) is 4.71. The van der Waals surface area contributed by atoms with Gasteiger partial charge in [0.05, 0.1) is 7.11 Å². The van der Waals surface area contributed by atoms with E-state index in [9.17, 15) is 4.79 Å². The van der Waals surface area contributed by atoms with E-state index < -0.39 is 0 Å².